The molecule has 2 heteroatoms. The lowest BCUT2D eigenvalue weighted by molar-refractivity contribution is -0.263. The molecular formula is C20H32O2. The Bertz CT molecular complexity index is 384. The number of allylic oxidation sites excluding steroid dienone is 2. The maximum atomic E-state index is 5.42. The molecule has 0 bridgehead atoms. The van der Waals surface area contributed by atoms with E-state index < -0.39 is 0 Å². The Balaban J connectivity index is 2.00. The van der Waals surface area contributed by atoms with Gasteiger partial charge >= 0.3 is 0 Å². The van der Waals surface area contributed by atoms with Crippen LogP contribution in [0.3, 0.4) is 0 Å². The summed E-state index contributed by atoms with van der Waals surface area (Å²) in [5.41, 5.74) is 1.28. The first kappa shape index (κ1) is 18.8. The Hall–Kier alpha value is -1.28. The summed E-state index contributed by atoms with van der Waals surface area (Å²) in [5, 5.41) is 0. The number of rotatable bonds is 13. The first-order valence-electron chi connectivity index (χ1n) is 8.85. The van der Waals surface area contributed by atoms with E-state index in [-0.39, 0.29) is 0 Å². The predicted molar refractivity (Wildman–Crippen MR) is 93.6 cm³/mol. The first-order valence-corrected chi connectivity index (χ1v) is 8.85. The van der Waals surface area contributed by atoms with Crippen molar-refractivity contribution >= 4 is 0 Å². The van der Waals surface area contributed by atoms with Crippen molar-refractivity contribution in [1.29, 1.82) is 0 Å². The van der Waals surface area contributed by atoms with E-state index in [0.29, 0.717) is 6.61 Å². The molecule has 0 aliphatic rings. The van der Waals surface area contributed by atoms with Gasteiger partial charge in [-0.1, -0.05) is 75.8 Å². The quantitative estimate of drug-likeness (QED) is 0.186. The second kappa shape index (κ2) is 13.4. The van der Waals surface area contributed by atoms with Crippen LogP contribution in [0.25, 0.3) is 0 Å². The Labute approximate surface area is 136 Å². The summed E-state index contributed by atoms with van der Waals surface area (Å²) in [6.45, 7) is 4.86. The molecule has 0 aromatic heterocycles. The molecule has 22 heavy (non-hydrogen) atoms. The molecule has 0 atom stereocenters. The molecule has 0 radical (unpaired) electrons. The Morgan fingerprint density at radius 3 is 2.32 bits per heavy atom. The van der Waals surface area contributed by atoms with E-state index in [1.165, 1.54) is 50.5 Å². The minimum absolute atomic E-state index is 0.596. The highest BCUT2D eigenvalue weighted by molar-refractivity contribution is 5.14. The fraction of sp³-hybridized carbons (Fsp3) is 0.600. The number of benzene rings is 1. The lowest BCUT2D eigenvalue weighted by Gasteiger charge is -2.09. The molecule has 1 rings (SSSR count). The molecular weight excluding hydrogens is 272 g/mol. The van der Waals surface area contributed by atoms with Crippen LogP contribution in [0.5, 0.6) is 0 Å². The van der Waals surface area contributed by atoms with Gasteiger partial charge in [0.15, 0.2) is 0 Å². The van der Waals surface area contributed by atoms with E-state index in [1.807, 2.05) is 31.2 Å². The molecule has 2 nitrogen and oxygen atoms in total. The van der Waals surface area contributed by atoms with Crippen LogP contribution < -0.4 is 0 Å². The number of hydrogen-bond acceptors (Lipinski definition) is 2. The van der Waals surface area contributed by atoms with Gasteiger partial charge in [0.2, 0.25) is 0 Å². The third-order valence-electron chi connectivity index (χ3n) is 3.83. The zero-order chi connectivity index (χ0) is 15.9. The van der Waals surface area contributed by atoms with Crippen LogP contribution in [0.1, 0.15) is 70.8 Å². The highest BCUT2D eigenvalue weighted by Crippen LogP contribution is 2.13. The Morgan fingerprint density at radius 1 is 0.955 bits per heavy atom. The molecule has 0 fully saturated rings. The monoisotopic (exact) mass is 304 g/mol. The lowest BCUT2D eigenvalue weighted by atomic mass is 10.1. The van der Waals surface area contributed by atoms with E-state index in [1.54, 1.807) is 0 Å². The predicted octanol–water partition coefficient (Wildman–Crippen LogP) is 6.22. The molecule has 0 N–H and O–H groups in total. The molecule has 0 saturated carbocycles. The van der Waals surface area contributed by atoms with Crippen molar-refractivity contribution in [3.05, 3.63) is 47.7 Å². The minimum Gasteiger partial charge on any atom is -0.342 e. The summed E-state index contributed by atoms with van der Waals surface area (Å²) in [5.74, 6) is 0.960. The van der Waals surface area contributed by atoms with Crippen molar-refractivity contribution < 1.29 is 9.78 Å². The average molecular weight is 304 g/mol. The van der Waals surface area contributed by atoms with Crippen molar-refractivity contribution in [2.45, 2.75) is 71.6 Å². The summed E-state index contributed by atoms with van der Waals surface area (Å²) in [6, 6.07) is 10.3. The fourth-order valence-electron chi connectivity index (χ4n) is 2.41. The molecule has 1 aromatic carbocycles. The van der Waals surface area contributed by atoms with Crippen LogP contribution in [0.4, 0.5) is 0 Å². The van der Waals surface area contributed by atoms with Crippen LogP contribution in [0.2, 0.25) is 0 Å². The highest BCUT2D eigenvalue weighted by atomic mass is 17.2. The van der Waals surface area contributed by atoms with E-state index in [2.05, 4.69) is 19.1 Å². The average Bonchev–Trinajstić information content (AvgIpc) is 2.57. The van der Waals surface area contributed by atoms with E-state index in [9.17, 15) is 0 Å². The van der Waals surface area contributed by atoms with Gasteiger partial charge in [-0.3, -0.25) is 0 Å². The smallest absolute Gasteiger partial charge is 0.138 e. The molecule has 0 amide bonds. The molecule has 0 saturated heterocycles. The van der Waals surface area contributed by atoms with Crippen LogP contribution in [-0.4, -0.2) is 6.61 Å². The number of unbranched alkanes of at least 4 members (excludes halogenated alkanes) is 6. The van der Waals surface area contributed by atoms with Crippen molar-refractivity contribution in [1.82, 2.24) is 0 Å². The number of hydrogen-bond donors (Lipinski definition) is 0. The van der Waals surface area contributed by atoms with E-state index in [4.69, 9.17) is 9.78 Å². The largest absolute Gasteiger partial charge is 0.342 e. The van der Waals surface area contributed by atoms with Gasteiger partial charge in [-0.15, -0.1) is 0 Å². The van der Waals surface area contributed by atoms with Crippen molar-refractivity contribution in [2.75, 3.05) is 6.61 Å². The van der Waals surface area contributed by atoms with Gasteiger partial charge in [-0.05, 0) is 31.4 Å². The fourth-order valence-corrected chi connectivity index (χ4v) is 2.41. The van der Waals surface area contributed by atoms with Crippen molar-refractivity contribution in [3.8, 4) is 0 Å². The van der Waals surface area contributed by atoms with Crippen LogP contribution in [0.15, 0.2) is 42.2 Å². The second-order valence-electron chi connectivity index (χ2n) is 5.77. The van der Waals surface area contributed by atoms with Crippen LogP contribution in [0, 0.1) is 0 Å². The Morgan fingerprint density at radius 2 is 1.64 bits per heavy atom. The topological polar surface area (TPSA) is 18.5 Å². The molecule has 0 spiro atoms. The minimum atomic E-state index is 0.596. The standard InChI is InChI=1S/C20H32O2/c1-3-5-6-7-8-9-13-16-20(4-2)22-21-18-17-19-14-11-10-12-15-19/h4,10-12,14-15H,3,5-9,13,16-18H2,1-2H3. The van der Waals surface area contributed by atoms with Crippen LogP contribution in [-0.2, 0) is 16.2 Å². The van der Waals surface area contributed by atoms with Gasteiger partial charge in [-0.25, -0.2) is 0 Å². The Kier molecular flexibility index (Phi) is 11.4. The third kappa shape index (κ3) is 9.62. The zero-order valence-corrected chi connectivity index (χ0v) is 14.4. The zero-order valence-electron chi connectivity index (χ0n) is 14.4. The molecule has 0 unspecified atom stereocenters. The normalized spacial score (nSPS) is 11.6. The molecule has 0 aliphatic heterocycles. The summed E-state index contributed by atoms with van der Waals surface area (Å²) < 4.78 is 0. The molecule has 124 valence electrons. The maximum Gasteiger partial charge on any atom is 0.138 e. The summed E-state index contributed by atoms with van der Waals surface area (Å²) in [7, 11) is 0. The van der Waals surface area contributed by atoms with Crippen LogP contribution >= 0.6 is 0 Å². The SMILES string of the molecule is CC=C(CCCCCCCCC)OOCCc1ccccc1. The van der Waals surface area contributed by atoms with Crippen molar-refractivity contribution in [2.24, 2.45) is 0 Å². The van der Waals surface area contributed by atoms with Gasteiger partial charge in [0.25, 0.3) is 0 Å². The van der Waals surface area contributed by atoms with E-state index in [0.717, 1.165) is 18.6 Å². The van der Waals surface area contributed by atoms with Crippen molar-refractivity contribution in [3.63, 3.8) is 0 Å². The van der Waals surface area contributed by atoms with Gasteiger partial charge in [-0.2, -0.15) is 4.89 Å². The summed E-state index contributed by atoms with van der Waals surface area (Å²) >= 11 is 0. The highest BCUT2D eigenvalue weighted by Gasteiger charge is 2.00. The molecule has 0 heterocycles. The molecule has 1 aromatic rings. The van der Waals surface area contributed by atoms with Gasteiger partial charge < -0.3 is 4.89 Å². The molecule has 0 aliphatic carbocycles. The maximum absolute atomic E-state index is 5.42. The van der Waals surface area contributed by atoms with E-state index >= 15 is 0 Å². The third-order valence-corrected chi connectivity index (χ3v) is 3.83. The summed E-state index contributed by atoms with van der Waals surface area (Å²) in [6.07, 6.45) is 13.1. The van der Waals surface area contributed by atoms with Gasteiger partial charge in [0.05, 0.1) is 6.61 Å². The summed E-state index contributed by atoms with van der Waals surface area (Å²) in [4.78, 5) is 10.8. The van der Waals surface area contributed by atoms with Gasteiger partial charge in [0.1, 0.15) is 5.76 Å². The first-order chi connectivity index (χ1) is 10.9. The second-order valence-corrected chi connectivity index (χ2v) is 5.77. The van der Waals surface area contributed by atoms with Gasteiger partial charge in [0, 0.05) is 6.42 Å². The lowest BCUT2D eigenvalue weighted by Crippen LogP contribution is -2.00.